The van der Waals surface area contributed by atoms with Gasteiger partial charge in [0, 0.05) is 44.0 Å². The molecule has 0 spiro atoms. The molecule has 3 rings (SSSR count). The molecular weight excluding hydrogens is 366 g/mol. The number of aromatic nitrogens is 2. The number of carbonyl (C=O) groups is 1. The lowest BCUT2D eigenvalue weighted by molar-refractivity contribution is 0.0943. The summed E-state index contributed by atoms with van der Waals surface area (Å²) in [5.74, 6) is 2.84. The van der Waals surface area contributed by atoms with Gasteiger partial charge in [0.2, 0.25) is 5.95 Å². The zero-order chi connectivity index (χ0) is 20.8. The molecule has 2 aromatic rings. The van der Waals surface area contributed by atoms with Crippen molar-refractivity contribution in [2.24, 2.45) is 5.92 Å². The zero-order valence-corrected chi connectivity index (χ0v) is 17.7. The molecule has 1 aliphatic carbocycles. The molecule has 7 heteroatoms. The highest BCUT2D eigenvalue weighted by Gasteiger charge is 2.22. The van der Waals surface area contributed by atoms with E-state index in [1.54, 1.807) is 31.4 Å². The van der Waals surface area contributed by atoms with Crippen LogP contribution in [-0.2, 0) is 0 Å². The summed E-state index contributed by atoms with van der Waals surface area (Å²) in [6, 6.07) is 9.55. The third kappa shape index (κ3) is 5.82. The highest BCUT2D eigenvalue weighted by Crippen LogP contribution is 2.26. The second-order valence-corrected chi connectivity index (χ2v) is 7.89. The van der Waals surface area contributed by atoms with Gasteiger partial charge in [0.05, 0.1) is 7.11 Å². The van der Waals surface area contributed by atoms with Gasteiger partial charge in [-0.2, -0.15) is 4.98 Å². The van der Waals surface area contributed by atoms with Gasteiger partial charge in [-0.25, -0.2) is 4.98 Å². The van der Waals surface area contributed by atoms with Crippen molar-refractivity contribution in [1.29, 1.82) is 0 Å². The van der Waals surface area contributed by atoms with Gasteiger partial charge in [-0.3, -0.25) is 4.79 Å². The molecule has 29 heavy (non-hydrogen) atoms. The highest BCUT2D eigenvalue weighted by atomic mass is 16.5. The molecule has 1 aromatic carbocycles. The average molecular weight is 398 g/mol. The third-order valence-corrected chi connectivity index (χ3v) is 5.38. The van der Waals surface area contributed by atoms with E-state index in [-0.39, 0.29) is 5.91 Å². The van der Waals surface area contributed by atoms with Gasteiger partial charge in [-0.05, 0) is 62.8 Å². The first-order chi connectivity index (χ1) is 13.9. The van der Waals surface area contributed by atoms with Crippen molar-refractivity contribution in [1.82, 2.24) is 15.3 Å². The minimum Gasteiger partial charge on any atom is -0.497 e. The number of carbonyl (C=O) groups excluding carboxylic acids is 1. The van der Waals surface area contributed by atoms with Crippen LogP contribution >= 0.6 is 0 Å². The summed E-state index contributed by atoms with van der Waals surface area (Å²) in [7, 11) is 5.58. The van der Waals surface area contributed by atoms with Crippen LogP contribution in [-0.4, -0.2) is 49.7 Å². The van der Waals surface area contributed by atoms with Gasteiger partial charge in [0.15, 0.2) is 0 Å². The van der Waals surface area contributed by atoms with Crippen molar-refractivity contribution >= 4 is 17.7 Å². The van der Waals surface area contributed by atoms with Gasteiger partial charge in [-0.1, -0.05) is 0 Å². The predicted molar refractivity (Wildman–Crippen MR) is 116 cm³/mol. The quantitative estimate of drug-likeness (QED) is 0.747. The molecule has 0 bridgehead atoms. The number of hydrogen-bond acceptors (Lipinski definition) is 6. The van der Waals surface area contributed by atoms with Crippen LogP contribution < -0.4 is 20.3 Å². The number of benzene rings is 1. The summed E-state index contributed by atoms with van der Waals surface area (Å²) in [5, 5.41) is 6.56. The number of amides is 1. The maximum atomic E-state index is 12.3. The number of anilines is 2. The SMILES string of the molecule is COc1ccc(C(=O)NCC2CCC(Nc3nc(C)cc(N(C)C)n3)CC2)cc1. The molecule has 0 unspecified atom stereocenters. The van der Waals surface area contributed by atoms with Crippen molar-refractivity contribution in [2.45, 2.75) is 38.6 Å². The Balaban J connectivity index is 1.45. The number of rotatable bonds is 7. The molecule has 7 nitrogen and oxygen atoms in total. The molecule has 1 saturated carbocycles. The molecule has 1 aromatic heterocycles. The Kier molecular flexibility index (Phi) is 6.90. The Morgan fingerprint density at radius 3 is 2.45 bits per heavy atom. The average Bonchev–Trinajstić information content (AvgIpc) is 2.72. The first-order valence-corrected chi connectivity index (χ1v) is 10.2. The normalized spacial score (nSPS) is 18.8. The smallest absolute Gasteiger partial charge is 0.251 e. The molecule has 1 amide bonds. The van der Waals surface area contributed by atoms with Crippen LogP contribution in [0.4, 0.5) is 11.8 Å². The van der Waals surface area contributed by atoms with E-state index in [0.29, 0.717) is 30.0 Å². The fourth-order valence-electron chi connectivity index (χ4n) is 3.62. The second kappa shape index (κ2) is 9.58. The van der Waals surface area contributed by atoms with Crippen LogP contribution in [0.1, 0.15) is 41.7 Å². The Bertz CT molecular complexity index is 814. The van der Waals surface area contributed by atoms with Crippen LogP contribution in [0, 0.1) is 12.8 Å². The molecule has 0 aliphatic heterocycles. The lowest BCUT2D eigenvalue weighted by Crippen LogP contribution is -2.34. The molecule has 1 fully saturated rings. The standard InChI is InChI=1S/C22H31N5O2/c1-15-13-20(27(2)3)26-22(24-15)25-18-9-5-16(6-10-18)14-23-21(28)17-7-11-19(29-4)12-8-17/h7-8,11-13,16,18H,5-6,9-10,14H2,1-4H3,(H,23,28)(H,24,25,26). The number of nitrogens with zero attached hydrogens (tertiary/aromatic N) is 3. The highest BCUT2D eigenvalue weighted by molar-refractivity contribution is 5.94. The molecule has 0 radical (unpaired) electrons. The number of aryl methyl sites for hydroxylation is 1. The fourth-order valence-corrected chi connectivity index (χ4v) is 3.62. The number of methoxy groups -OCH3 is 1. The van der Waals surface area contributed by atoms with Crippen LogP contribution in [0.3, 0.4) is 0 Å². The van der Waals surface area contributed by atoms with Crippen LogP contribution in [0.15, 0.2) is 30.3 Å². The van der Waals surface area contributed by atoms with Crippen molar-refractivity contribution in [3.8, 4) is 5.75 Å². The third-order valence-electron chi connectivity index (χ3n) is 5.38. The topological polar surface area (TPSA) is 79.4 Å². The van der Waals surface area contributed by atoms with Crippen molar-refractivity contribution in [3.63, 3.8) is 0 Å². The first kappa shape index (κ1) is 20.9. The van der Waals surface area contributed by atoms with E-state index in [2.05, 4.69) is 20.6 Å². The van der Waals surface area contributed by atoms with Gasteiger partial charge >= 0.3 is 0 Å². The lowest BCUT2D eigenvalue weighted by Gasteiger charge is -2.29. The molecule has 1 heterocycles. The van der Waals surface area contributed by atoms with E-state index in [9.17, 15) is 4.79 Å². The van der Waals surface area contributed by atoms with E-state index in [1.165, 1.54) is 0 Å². The minimum atomic E-state index is -0.0303. The maximum absolute atomic E-state index is 12.3. The van der Waals surface area contributed by atoms with Crippen LogP contribution in [0.5, 0.6) is 5.75 Å². The fraction of sp³-hybridized carbons (Fsp3) is 0.500. The Labute approximate surface area is 172 Å². The maximum Gasteiger partial charge on any atom is 0.251 e. The predicted octanol–water partition coefficient (Wildman–Crippen LogP) is 3.26. The Hall–Kier alpha value is -2.83. The monoisotopic (exact) mass is 397 g/mol. The Morgan fingerprint density at radius 1 is 1.14 bits per heavy atom. The molecule has 0 saturated heterocycles. The van der Waals surface area contributed by atoms with Crippen LogP contribution in [0.2, 0.25) is 0 Å². The summed E-state index contributed by atoms with van der Waals surface area (Å²) in [4.78, 5) is 23.4. The van der Waals surface area contributed by atoms with E-state index in [0.717, 1.165) is 42.9 Å². The van der Waals surface area contributed by atoms with Crippen molar-refractivity contribution < 1.29 is 9.53 Å². The van der Waals surface area contributed by atoms with Crippen molar-refractivity contribution in [3.05, 3.63) is 41.6 Å². The summed E-state index contributed by atoms with van der Waals surface area (Å²) in [6.07, 6.45) is 4.26. The summed E-state index contributed by atoms with van der Waals surface area (Å²) >= 11 is 0. The summed E-state index contributed by atoms with van der Waals surface area (Å²) < 4.78 is 5.13. The lowest BCUT2D eigenvalue weighted by atomic mass is 9.86. The molecule has 0 atom stereocenters. The number of ether oxygens (including phenoxy) is 1. The van der Waals surface area contributed by atoms with Gasteiger partial charge in [0.25, 0.3) is 5.91 Å². The zero-order valence-electron chi connectivity index (χ0n) is 17.7. The van der Waals surface area contributed by atoms with Gasteiger partial charge < -0.3 is 20.3 Å². The minimum absolute atomic E-state index is 0.0303. The number of nitrogens with one attached hydrogen (secondary N) is 2. The Morgan fingerprint density at radius 2 is 1.83 bits per heavy atom. The van der Waals surface area contributed by atoms with Gasteiger partial charge in [-0.15, -0.1) is 0 Å². The van der Waals surface area contributed by atoms with Gasteiger partial charge in [0.1, 0.15) is 11.6 Å². The van der Waals surface area contributed by atoms with Crippen molar-refractivity contribution in [2.75, 3.05) is 38.0 Å². The van der Waals surface area contributed by atoms with E-state index >= 15 is 0 Å². The molecule has 1 aliphatic rings. The van der Waals surface area contributed by atoms with Crippen LogP contribution in [0.25, 0.3) is 0 Å². The summed E-state index contributed by atoms with van der Waals surface area (Å²) in [6.45, 7) is 2.70. The largest absolute Gasteiger partial charge is 0.497 e. The molecule has 2 N–H and O–H groups in total. The number of hydrogen-bond donors (Lipinski definition) is 2. The molecule has 156 valence electrons. The first-order valence-electron chi connectivity index (χ1n) is 10.2. The molecular formula is C22H31N5O2. The summed E-state index contributed by atoms with van der Waals surface area (Å²) in [5.41, 5.74) is 1.62. The van der Waals surface area contributed by atoms with E-state index in [4.69, 9.17) is 4.74 Å². The van der Waals surface area contributed by atoms with E-state index < -0.39 is 0 Å². The van der Waals surface area contributed by atoms with E-state index in [1.807, 2.05) is 32.0 Å². The second-order valence-electron chi connectivity index (χ2n) is 7.89.